The van der Waals surface area contributed by atoms with Crippen molar-refractivity contribution in [3.63, 3.8) is 0 Å². The van der Waals surface area contributed by atoms with Crippen LogP contribution in [0, 0.1) is 27.7 Å². The first-order valence-corrected chi connectivity index (χ1v) is 11.9. The average molecular weight is 433 g/mol. The number of carbonyl (C=O) groups excluding carboxylic acids is 1. The molecule has 0 aromatic heterocycles. The molecule has 1 amide bonds. The Hall–Kier alpha value is -2.54. The molecule has 0 aliphatic carbocycles. The molecule has 2 aromatic carbocycles. The predicted molar refractivity (Wildman–Crippen MR) is 122 cm³/mol. The Morgan fingerprint density at radius 3 is 2.20 bits per heavy atom. The number of nitrogens with zero attached hydrogens (tertiary/aromatic N) is 1. The standard InChI is InChI=1S/C23H32N2O4S/c1-7-22(25(30(6,27)28)20-9-8-18(4)19(5)15-20)23(26)24-10-11-29-21-13-16(2)12-17(3)14-21/h8-9,12-15,22H,7,10-11H2,1-6H3,(H,24,26). The molecular weight excluding hydrogens is 400 g/mol. The Balaban J connectivity index is 2.09. The van der Waals surface area contributed by atoms with Crippen molar-refractivity contribution in [2.75, 3.05) is 23.7 Å². The van der Waals surface area contributed by atoms with Crippen molar-refractivity contribution in [1.29, 1.82) is 0 Å². The minimum absolute atomic E-state index is 0.285. The van der Waals surface area contributed by atoms with Crippen molar-refractivity contribution >= 4 is 21.6 Å². The zero-order valence-corrected chi connectivity index (χ0v) is 19.5. The van der Waals surface area contributed by atoms with Crippen LogP contribution >= 0.6 is 0 Å². The zero-order chi connectivity index (χ0) is 22.5. The Bertz CT molecular complexity index is 982. The van der Waals surface area contributed by atoms with Gasteiger partial charge in [0.15, 0.2) is 0 Å². The molecule has 6 nitrogen and oxygen atoms in total. The molecule has 7 heteroatoms. The molecular formula is C23H32N2O4S. The van der Waals surface area contributed by atoms with E-state index in [1.54, 1.807) is 19.1 Å². The van der Waals surface area contributed by atoms with Gasteiger partial charge in [-0.3, -0.25) is 9.10 Å². The molecule has 0 bridgehead atoms. The molecule has 2 rings (SSSR count). The van der Waals surface area contributed by atoms with Gasteiger partial charge in [0.2, 0.25) is 15.9 Å². The van der Waals surface area contributed by atoms with Crippen LogP contribution in [0.3, 0.4) is 0 Å². The maximum Gasteiger partial charge on any atom is 0.244 e. The van der Waals surface area contributed by atoms with Gasteiger partial charge in [-0.2, -0.15) is 0 Å². The van der Waals surface area contributed by atoms with Crippen LogP contribution in [0.5, 0.6) is 5.75 Å². The van der Waals surface area contributed by atoms with Gasteiger partial charge in [0.25, 0.3) is 0 Å². The number of hydrogen-bond acceptors (Lipinski definition) is 4. The number of amides is 1. The predicted octanol–water partition coefficient (Wildman–Crippen LogP) is 3.66. The van der Waals surface area contributed by atoms with E-state index in [-0.39, 0.29) is 12.5 Å². The first kappa shape index (κ1) is 23.7. The van der Waals surface area contributed by atoms with Crippen LogP contribution in [-0.4, -0.2) is 39.8 Å². The number of carbonyl (C=O) groups is 1. The molecule has 1 N–H and O–H groups in total. The van der Waals surface area contributed by atoms with E-state index >= 15 is 0 Å². The molecule has 164 valence electrons. The minimum atomic E-state index is -3.65. The first-order valence-electron chi connectivity index (χ1n) is 10.1. The molecule has 0 saturated heterocycles. The van der Waals surface area contributed by atoms with Gasteiger partial charge in [0, 0.05) is 0 Å². The summed E-state index contributed by atoms with van der Waals surface area (Å²) in [6.07, 6.45) is 1.48. The number of sulfonamides is 1. The number of rotatable bonds is 9. The second-order valence-electron chi connectivity index (χ2n) is 7.71. The number of nitrogens with one attached hydrogen (secondary N) is 1. The Labute approximate surface area is 180 Å². The molecule has 0 saturated carbocycles. The normalized spacial score (nSPS) is 12.3. The van der Waals surface area contributed by atoms with Crippen LogP contribution in [-0.2, 0) is 14.8 Å². The van der Waals surface area contributed by atoms with Crippen LogP contribution in [0.25, 0.3) is 0 Å². The summed E-state index contributed by atoms with van der Waals surface area (Å²) in [4.78, 5) is 12.8. The second-order valence-corrected chi connectivity index (χ2v) is 9.57. The molecule has 0 spiro atoms. The van der Waals surface area contributed by atoms with Gasteiger partial charge >= 0.3 is 0 Å². The lowest BCUT2D eigenvalue weighted by Crippen LogP contribution is -2.50. The highest BCUT2D eigenvalue weighted by Crippen LogP contribution is 2.25. The third-order valence-corrected chi connectivity index (χ3v) is 6.12. The van der Waals surface area contributed by atoms with E-state index in [9.17, 15) is 13.2 Å². The number of hydrogen-bond donors (Lipinski definition) is 1. The topological polar surface area (TPSA) is 75.7 Å². The van der Waals surface area contributed by atoms with Crippen LogP contribution < -0.4 is 14.4 Å². The fraction of sp³-hybridized carbons (Fsp3) is 0.435. The van der Waals surface area contributed by atoms with E-state index in [1.807, 2.05) is 45.9 Å². The van der Waals surface area contributed by atoms with Gasteiger partial charge in [-0.05, 0) is 80.6 Å². The minimum Gasteiger partial charge on any atom is -0.492 e. The van der Waals surface area contributed by atoms with E-state index in [2.05, 4.69) is 11.4 Å². The Morgan fingerprint density at radius 2 is 1.67 bits per heavy atom. The van der Waals surface area contributed by atoms with E-state index < -0.39 is 16.1 Å². The molecule has 1 atom stereocenters. The van der Waals surface area contributed by atoms with Crippen molar-refractivity contribution < 1.29 is 17.9 Å². The van der Waals surface area contributed by atoms with E-state index in [1.165, 1.54) is 4.31 Å². The lowest BCUT2D eigenvalue weighted by atomic mass is 10.1. The van der Waals surface area contributed by atoms with Gasteiger partial charge in [0.1, 0.15) is 18.4 Å². The summed E-state index contributed by atoms with van der Waals surface area (Å²) < 4.78 is 32.0. The molecule has 0 aliphatic rings. The second kappa shape index (κ2) is 9.98. The molecule has 1 unspecified atom stereocenters. The number of aryl methyl sites for hydroxylation is 4. The zero-order valence-electron chi connectivity index (χ0n) is 18.7. The summed E-state index contributed by atoms with van der Waals surface area (Å²) in [5.41, 5.74) is 4.75. The number of benzene rings is 2. The number of anilines is 1. The summed E-state index contributed by atoms with van der Waals surface area (Å²) in [5, 5.41) is 2.81. The van der Waals surface area contributed by atoms with Gasteiger partial charge in [-0.25, -0.2) is 8.42 Å². The lowest BCUT2D eigenvalue weighted by molar-refractivity contribution is -0.122. The Morgan fingerprint density at radius 1 is 1.03 bits per heavy atom. The summed E-state index contributed by atoms with van der Waals surface area (Å²) >= 11 is 0. The van der Waals surface area contributed by atoms with Crippen LogP contribution in [0.15, 0.2) is 36.4 Å². The smallest absolute Gasteiger partial charge is 0.244 e. The number of ether oxygens (including phenoxy) is 1. The summed E-state index contributed by atoms with van der Waals surface area (Å²) in [6, 6.07) is 10.5. The fourth-order valence-electron chi connectivity index (χ4n) is 3.40. The molecule has 0 heterocycles. The van der Waals surface area contributed by atoms with Crippen LogP contribution in [0.4, 0.5) is 5.69 Å². The molecule has 2 aromatic rings. The third-order valence-electron chi connectivity index (χ3n) is 4.94. The van der Waals surface area contributed by atoms with Crippen LogP contribution in [0.2, 0.25) is 0 Å². The van der Waals surface area contributed by atoms with Crippen molar-refractivity contribution in [1.82, 2.24) is 5.32 Å². The Kier molecular flexibility index (Phi) is 7.89. The molecule has 0 aliphatic heterocycles. The largest absolute Gasteiger partial charge is 0.492 e. The third kappa shape index (κ3) is 6.23. The highest BCUT2D eigenvalue weighted by molar-refractivity contribution is 7.92. The fourth-order valence-corrected chi connectivity index (χ4v) is 4.60. The SMILES string of the molecule is CCC(C(=O)NCCOc1cc(C)cc(C)c1)N(c1ccc(C)c(C)c1)S(C)(=O)=O. The van der Waals surface area contributed by atoms with Crippen molar-refractivity contribution in [2.45, 2.75) is 47.1 Å². The van der Waals surface area contributed by atoms with Crippen molar-refractivity contribution in [2.24, 2.45) is 0 Å². The van der Waals surface area contributed by atoms with Crippen molar-refractivity contribution in [3.05, 3.63) is 58.7 Å². The monoisotopic (exact) mass is 432 g/mol. The van der Waals surface area contributed by atoms with Crippen molar-refractivity contribution in [3.8, 4) is 5.75 Å². The van der Waals surface area contributed by atoms with Gasteiger partial charge < -0.3 is 10.1 Å². The van der Waals surface area contributed by atoms with Crippen LogP contribution in [0.1, 0.15) is 35.6 Å². The highest BCUT2D eigenvalue weighted by atomic mass is 32.2. The van der Waals surface area contributed by atoms with Gasteiger partial charge in [0.05, 0.1) is 18.5 Å². The highest BCUT2D eigenvalue weighted by Gasteiger charge is 2.31. The average Bonchev–Trinajstić information content (AvgIpc) is 2.63. The first-order chi connectivity index (χ1) is 14.0. The summed E-state index contributed by atoms with van der Waals surface area (Å²) in [5.74, 6) is 0.409. The van der Waals surface area contributed by atoms with Gasteiger partial charge in [-0.1, -0.05) is 19.1 Å². The quantitative estimate of drug-likeness (QED) is 0.614. The summed E-state index contributed by atoms with van der Waals surface area (Å²) in [6.45, 7) is 10.3. The van der Waals surface area contributed by atoms with E-state index in [0.29, 0.717) is 18.7 Å². The molecule has 0 fully saturated rings. The van der Waals surface area contributed by atoms with Gasteiger partial charge in [-0.15, -0.1) is 0 Å². The summed E-state index contributed by atoms with van der Waals surface area (Å²) in [7, 11) is -3.65. The maximum absolute atomic E-state index is 12.8. The lowest BCUT2D eigenvalue weighted by Gasteiger charge is -2.30. The van der Waals surface area contributed by atoms with E-state index in [0.717, 1.165) is 34.3 Å². The maximum atomic E-state index is 12.8. The van der Waals surface area contributed by atoms with E-state index in [4.69, 9.17) is 4.74 Å². The molecule has 0 radical (unpaired) electrons. The molecule has 30 heavy (non-hydrogen) atoms.